The van der Waals surface area contributed by atoms with Crippen LogP contribution in [-0.2, 0) is 17.4 Å². The Morgan fingerprint density at radius 2 is 1.52 bits per heavy atom. The van der Waals surface area contributed by atoms with E-state index in [1.165, 1.54) is 0 Å². The average molecular weight is 406 g/mol. The highest BCUT2D eigenvalue weighted by Crippen LogP contribution is 2.53. The zero-order chi connectivity index (χ0) is 21.3. The van der Waals surface area contributed by atoms with Crippen LogP contribution in [0.25, 0.3) is 21.8 Å². The van der Waals surface area contributed by atoms with Crippen molar-refractivity contribution < 1.29 is 9.53 Å². The maximum Gasteiger partial charge on any atom is 0.340 e. The summed E-state index contributed by atoms with van der Waals surface area (Å²) in [6, 6.07) is 24.3. The Labute approximate surface area is 180 Å². The highest BCUT2D eigenvalue weighted by molar-refractivity contribution is 6.01. The van der Waals surface area contributed by atoms with Gasteiger partial charge in [0, 0.05) is 56.9 Å². The molecule has 4 heteroatoms. The summed E-state index contributed by atoms with van der Waals surface area (Å²) < 4.78 is 8.65. The minimum atomic E-state index is -1.03. The maximum atomic E-state index is 13.2. The first-order valence-corrected chi connectivity index (χ1v) is 10.5. The number of carbonyl (C=O) groups is 1. The molecule has 0 radical (unpaired) electrons. The van der Waals surface area contributed by atoms with Crippen molar-refractivity contribution in [1.29, 1.82) is 0 Å². The van der Waals surface area contributed by atoms with Crippen LogP contribution in [0.2, 0.25) is 0 Å². The number of nitrogens with one attached hydrogen (secondary N) is 1. The van der Waals surface area contributed by atoms with Gasteiger partial charge in [0.2, 0.25) is 0 Å². The van der Waals surface area contributed by atoms with Gasteiger partial charge in [0.05, 0.1) is 5.56 Å². The number of benzene rings is 3. The summed E-state index contributed by atoms with van der Waals surface area (Å²) in [5, 5.41) is 2.16. The molecule has 1 atom stereocenters. The van der Waals surface area contributed by atoms with Crippen molar-refractivity contribution in [2.75, 3.05) is 0 Å². The zero-order valence-corrected chi connectivity index (χ0v) is 17.7. The van der Waals surface area contributed by atoms with E-state index >= 15 is 0 Å². The van der Waals surface area contributed by atoms with Gasteiger partial charge in [0.25, 0.3) is 0 Å². The molecule has 0 spiro atoms. The van der Waals surface area contributed by atoms with Crippen molar-refractivity contribution in [1.82, 2.24) is 9.55 Å². The van der Waals surface area contributed by atoms with E-state index in [0.29, 0.717) is 5.56 Å². The number of nitrogens with zero attached hydrogens (tertiary/aromatic N) is 1. The van der Waals surface area contributed by atoms with E-state index in [4.69, 9.17) is 4.74 Å². The highest BCUT2D eigenvalue weighted by atomic mass is 16.6. The van der Waals surface area contributed by atoms with E-state index in [1.54, 1.807) is 0 Å². The van der Waals surface area contributed by atoms with Crippen molar-refractivity contribution in [3.63, 3.8) is 0 Å². The predicted octanol–water partition coefficient (Wildman–Crippen LogP) is 5.74. The Bertz CT molecular complexity index is 1520. The number of aromatic nitrogens is 2. The van der Waals surface area contributed by atoms with E-state index < -0.39 is 5.60 Å². The van der Waals surface area contributed by atoms with Gasteiger partial charge in [0.1, 0.15) is 0 Å². The number of hydrogen-bond donors (Lipinski definition) is 1. The summed E-state index contributed by atoms with van der Waals surface area (Å²) in [6.07, 6.45) is 0. The van der Waals surface area contributed by atoms with Crippen molar-refractivity contribution in [3.05, 3.63) is 106 Å². The Morgan fingerprint density at radius 3 is 2.35 bits per heavy atom. The lowest BCUT2D eigenvalue weighted by atomic mass is 9.77. The smallest absolute Gasteiger partial charge is 0.340 e. The van der Waals surface area contributed by atoms with Crippen LogP contribution in [0.15, 0.2) is 72.8 Å². The fourth-order valence-corrected chi connectivity index (χ4v) is 5.41. The highest BCUT2D eigenvalue weighted by Gasteiger charge is 2.52. The second-order valence-electron chi connectivity index (χ2n) is 8.32. The van der Waals surface area contributed by atoms with Gasteiger partial charge in [-0.15, -0.1) is 0 Å². The Hall–Kier alpha value is -3.79. The SMILES string of the molecule is Cc1[nH]c2ccccc2c1C1(c2c(C)n(C)c3ccccc23)OC(=O)c2ccccc21. The minimum absolute atomic E-state index is 0.285. The zero-order valence-electron chi connectivity index (χ0n) is 17.7. The van der Waals surface area contributed by atoms with Crippen LogP contribution in [0.4, 0.5) is 0 Å². The lowest BCUT2D eigenvalue weighted by Gasteiger charge is -2.31. The summed E-state index contributed by atoms with van der Waals surface area (Å²) >= 11 is 0. The fourth-order valence-electron chi connectivity index (χ4n) is 5.41. The Balaban J connectivity index is 1.86. The monoisotopic (exact) mass is 406 g/mol. The number of cyclic esters (lactones) is 1. The molecule has 0 fully saturated rings. The van der Waals surface area contributed by atoms with Crippen molar-refractivity contribution in [3.8, 4) is 0 Å². The molecule has 4 nitrogen and oxygen atoms in total. The maximum absolute atomic E-state index is 13.2. The number of hydrogen-bond acceptors (Lipinski definition) is 2. The second kappa shape index (κ2) is 6.11. The average Bonchev–Trinajstić information content (AvgIpc) is 3.37. The van der Waals surface area contributed by atoms with Crippen LogP contribution in [0.3, 0.4) is 0 Å². The number of carbonyl (C=O) groups excluding carboxylic acids is 1. The summed E-state index contributed by atoms with van der Waals surface area (Å²) in [5.74, 6) is -0.285. The van der Waals surface area contributed by atoms with Crippen molar-refractivity contribution >= 4 is 27.8 Å². The molecule has 5 aromatic rings. The van der Waals surface area contributed by atoms with Gasteiger partial charge in [0.15, 0.2) is 5.60 Å². The van der Waals surface area contributed by atoms with Crippen molar-refractivity contribution in [2.24, 2.45) is 7.05 Å². The van der Waals surface area contributed by atoms with E-state index in [2.05, 4.69) is 54.7 Å². The summed E-state index contributed by atoms with van der Waals surface area (Å²) in [6.45, 7) is 4.17. The van der Waals surface area contributed by atoms with E-state index in [0.717, 1.165) is 49.9 Å². The van der Waals surface area contributed by atoms with Gasteiger partial charge >= 0.3 is 5.97 Å². The number of aryl methyl sites for hydroxylation is 2. The first-order valence-electron chi connectivity index (χ1n) is 10.5. The molecule has 3 heterocycles. The standard InChI is InChI=1S/C27H22N2O2/c1-16-24(19-11-5-8-14-22(19)28-16)27(21-13-7-4-10-18(21)26(30)31-27)25-17(2)29(3)23-15-9-6-12-20(23)25/h4-15,28H,1-3H3. The molecule has 0 bridgehead atoms. The van der Waals surface area contributed by atoms with Crippen molar-refractivity contribution in [2.45, 2.75) is 19.4 Å². The number of para-hydroxylation sites is 2. The molecule has 2 aromatic heterocycles. The lowest BCUT2D eigenvalue weighted by Crippen LogP contribution is -2.31. The third kappa shape index (κ3) is 2.17. The number of fused-ring (bicyclic) bond motifs is 3. The molecular formula is C27H22N2O2. The minimum Gasteiger partial charge on any atom is -0.440 e. The van der Waals surface area contributed by atoms with Crippen LogP contribution in [0.5, 0.6) is 0 Å². The molecule has 1 aliphatic heterocycles. The topological polar surface area (TPSA) is 47.0 Å². The first kappa shape index (κ1) is 18.0. The Morgan fingerprint density at radius 1 is 0.839 bits per heavy atom. The number of aromatic amines is 1. The molecule has 1 unspecified atom stereocenters. The summed E-state index contributed by atoms with van der Waals surface area (Å²) in [7, 11) is 2.07. The van der Waals surface area contributed by atoms with Crippen LogP contribution < -0.4 is 0 Å². The molecule has 31 heavy (non-hydrogen) atoms. The lowest BCUT2D eigenvalue weighted by molar-refractivity contribution is 0.0256. The van der Waals surface area contributed by atoms with Gasteiger partial charge in [-0.3, -0.25) is 0 Å². The number of ether oxygens (including phenoxy) is 1. The fraction of sp³-hybridized carbons (Fsp3) is 0.148. The van der Waals surface area contributed by atoms with Gasteiger partial charge in [-0.2, -0.15) is 0 Å². The molecule has 0 aliphatic carbocycles. The normalized spacial score (nSPS) is 18.0. The molecule has 0 amide bonds. The first-order chi connectivity index (χ1) is 15.0. The van der Waals surface area contributed by atoms with Gasteiger partial charge in [-0.1, -0.05) is 54.6 Å². The summed E-state index contributed by atoms with van der Waals surface area (Å²) in [5.41, 5.74) is 6.75. The molecule has 152 valence electrons. The summed E-state index contributed by atoms with van der Waals surface area (Å²) in [4.78, 5) is 16.7. The second-order valence-corrected chi connectivity index (χ2v) is 8.32. The largest absolute Gasteiger partial charge is 0.440 e. The van der Waals surface area contributed by atoms with E-state index in [9.17, 15) is 4.79 Å². The molecule has 1 aliphatic rings. The molecule has 3 aromatic carbocycles. The number of esters is 1. The van der Waals surface area contributed by atoms with Gasteiger partial charge in [-0.25, -0.2) is 4.79 Å². The third-order valence-electron chi connectivity index (χ3n) is 6.77. The quantitative estimate of drug-likeness (QED) is 0.380. The molecular weight excluding hydrogens is 384 g/mol. The molecule has 0 saturated carbocycles. The van der Waals surface area contributed by atoms with Crippen LogP contribution >= 0.6 is 0 Å². The van der Waals surface area contributed by atoms with Gasteiger partial charge in [-0.05, 0) is 32.0 Å². The number of H-pyrrole nitrogens is 1. The van der Waals surface area contributed by atoms with Gasteiger partial charge < -0.3 is 14.3 Å². The molecule has 1 N–H and O–H groups in total. The van der Waals surface area contributed by atoms with E-state index in [-0.39, 0.29) is 5.97 Å². The third-order valence-corrected chi connectivity index (χ3v) is 6.77. The van der Waals surface area contributed by atoms with E-state index in [1.807, 2.05) is 48.5 Å². The predicted molar refractivity (Wildman–Crippen MR) is 122 cm³/mol. The van der Waals surface area contributed by atoms with Crippen LogP contribution in [0.1, 0.15) is 38.4 Å². The Kier molecular flexibility index (Phi) is 3.55. The molecule has 0 saturated heterocycles. The number of rotatable bonds is 2. The van der Waals surface area contributed by atoms with Crippen LogP contribution in [-0.4, -0.2) is 15.5 Å². The van der Waals surface area contributed by atoms with Crippen LogP contribution in [0, 0.1) is 13.8 Å². The molecule has 6 rings (SSSR count).